The van der Waals surface area contributed by atoms with Crippen LogP contribution in [0, 0.1) is 0 Å². The Kier molecular flexibility index (Phi) is 6.87. The van der Waals surface area contributed by atoms with Gasteiger partial charge in [0, 0.05) is 5.02 Å². The Morgan fingerprint density at radius 2 is 1.79 bits per heavy atom. The van der Waals surface area contributed by atoms with E-state index in [1.54, 1.807) is 0 Å². The van der Waals surface area contributed by atoms with E-state index in [9.17, 15) is 9.59 Å². The van der Waals surface area contributed by atoms with Gasteiger partial charge in [-0.1, -0.05) is 43.0 Å². The van der Waals surface area contributed by atoms with Gasteiger partial charge in [0.15, 0.2) is 0 Å². The third kappa shape index (κ3) is 5.12. The van der Waals surface area contributed by atoms with Gasteiger partial charge in [0.1, 0.15) is 17.0 Å². The second-order valence-electron chi connectivity index (χ2n) is 9.59. The quantitative estimate of drug-likeness (QED) is 0.357. The molecule has 0 saturated heterocycles. The van der Waals surface area contributed by atoms with E-state index in [0.717, 1.165) is 34.3 Å². The van der Waals surface area contributed by atoms with Crippen molar-refractivity contribution in [2.24, 2.45) is 0 Å². The summed E-state index contributed by atoms with van der Waals surface area (Å²) in [5.74, 6) is -0.297. The number of halogens is 1. The van der Waals surface area contributed by atoms with Crippen molar-refractivity contribution in [1.29, 1.82) is 0 Å². The minimum absolute atomic E-state index is 0.0653. The van der Waals surface area contributed by atoms with Crippen LogP contribution in [0.3, 0.4) is 0 Å². The molecule has 0 aliphatic heterocycles. The van der Waals surface area contributed by atoms with Crippen LogP contribution in [0.5, 0.6) is 0 Å². The monoisotopic (exact) mass is 487 g/mol. The average molecular weight is 488 g/mol. The molecule has 0 radical (unpaired) electrons. The number of ether oxygens (including phenoxy) is 2. The second-order valence-corrected chi connectivity index (χ2v) is 11.1. The third-order valence-corrected chi connectivity index (χ3v) is 7.39. The molecule has 7 heteroatoms. The molecule has 1 aliphatic carbocycles. The minimum atomic E-state index is -0.582. The maximum absolute atomic E-state index is 12.9. The molecule has 0 N–H and O–H groups in total. The van der Waals surface area contributed by atoms with Crippen molar-refractivity contribution in [2.45, 2.75) is 70.9 Å². The SMILES string of the molecule is COC(=O)c1cc2c(s1)c(C1CCCCC1)c(-c1ccc(Cl)cc1)n2CC(=O)OC(C)(C)C. The normalized spacial score (nSPS) is 15.1. The van der Waals surface area contributed by atoms with E-state index in [1.165, 1.54) is 43.3 Å². The van der Waals surface area contributed by atoms with Crippen LogP contribution in [-0.2, 0) is 20.8 Å². The van der Waals surface area contributed by atoms with Crippen LogP contribution in [-0.4, -0.2) is 29.2 Å². The van der Waals surface area contributed by atoms with Crippen LogP contribution < -0.4 is 0 Å². The minimum Gasteiger partial charge on any atom is -0.465 e. The molecule has 4 rings (SSSR count). The van der Waals surface area contributed by atoms with Crippen LogP contribution in [0.2, 0.25) is 5.02 Å². The molecule has 5 nitrogen and oxygen atoms in total. The van der Waals surface area contributed by atoms with Crippen LogP contribution in [0.15, 0.2) is 30.3 Å². The van der Waals surface area contributed by atoms with Crippen molar-refractivity contribution in [2.75, 3.05) is 7.11 Å². The highest BCUT2D eigenvalue weighted by atomic mass is 35.5. The van der Waals surface area contributed by atoms with Gasteiger partial charge < -0.3 is 14.0 Å². The molecule has 33 heavy (non-hydrogen) atoms. The number of benzene rings is 1. The summed E-state index contributed by atoms with van der Waals surface area (Å²) < 4.78 is 13.7. The molecule has 1 saturated carbocycles. The van der Waals surface area contributed by atoms with E-state index in [1.807, 2.05) is 55.7 Å². The van der Waals surface area contributed by atoms with Crippen LogP contribution in [0.25, 0.3) is 21.5 Å². The standard InChI is InChI=1S/C26H30ClNO4S/c1-26(2,3)32-21(29)15-28-19-14-20(25(30)31-4)33-24(19)22(16-8-6-5-7-9-16)23(28)17-10-12-18(27)13-11-17/h10-14,16H,5-9,15H2,1-4H3. The molecule has 0 unspecified atom stereocenters. The van der Waals surface area contributed by atoms with E-state index in [0.29, 0.717) is 15.8 Å². The molecule has 0 amide bonds. The fourth-order valence-electron chi connectivity index (χ4n) is 4.71. The molecule has 1 aromatic carbocycles. The molecule has 3 aromatic rings. The van der Waals surface area contributed by atoms with Crippen LogP contribution in [0.4, 0.5) is 0 Å². The zero-order valence-electron chi connectivity index (χ0n) is 19.6. The number of carbonyl (C=O) groups is 2. The predicted octanol–water partition coefficient (Wildman–Crippen LogP) is 7.20. The Hall–Kier alpha value is -2.31. The number of esters is 2. The summed E-state index contributed by atoms with van der Waals surface area (Å²) in [7, 11) is 1.39. The summed E-state index contributed by atoms with van der Waals surface area (Å²) in [6.45, 7) is 5.66. The van der Waals surface area contributed by atoms with Gasteiger partial charge in [-0.05, 0) is 68.9 Å². The summed E-state index contributed by atoms with van der Waals surface area (Å²) in [5, 5.41) is 0.665. The number of nitrogens with zero attached hydrogens (tertiary/aromatic N) is 1. The first-order valence-electron chi connectivity index (χ1n) is 11.4. The maximum Gasteiger partial charge on any atom is 0.348 e. The lowest BCUT2D eigenvalue weighted by Gasteiger charge is -2.24. The van der Waals surface area contributed by atoms with Crippen molar-refractivity contribution in [1.82, 2.24) is 4.57 Å². The number of methoxy groups -OCH3 is 1. The highest BCUT2D eigenvalue weighted by Crippen LogP contribution is 2.47. The zero-order chi connectivity index (χ0) is 23.8. The van der Waals surface area contributed by atoms with Gasteiger partial charge in [-0.25, -0.2) is 4.79 Å². The van der Waals surface area contributed by atoms with E-state index in [4.69, 9.17) is 21.1 Å². The van der Waals surface area contributed by atoms with Gasteiger partial charge in [-0.2, -0.15) is 0 Å². The van der Waals surface area contributed by atoms with Crippen LogP contribution in [0.1, 0.15) is 74.0 Å². The number of hydrogen-bond donors (Lipinski definition) is 0. The highest BCUT2D eigenvalue weighted by Gasteiger charge is 2.30. The first-order chi connectivity index (χ1) is 15.7. The van der Waals surface area contributed by atoms with Gasteiger partial charge in [0.2, 0.25) is 0 Å². The number of carbonyl (C=O) groups excluding carboxylic acids is 2. The number of thiophene rings is 1. The molecular formula is C26H30ClNO4S. The van der Waals surface area contributed by atoms with Gasteiger partial charge in [-0.15, -0.1) is 11.3 Å². The van der Waals surface area contributed by atoms with Crippen molar-refractivity contribution in [3.05, 3.63) is 45.8 Å². The number of hydrogen-bond acceptors (Lipinski definition) is 5. The highest BCUT2D eigenvalue weighted by molar-refractivity contribution is 7.21. The molecule has 2 aromatic heterocycles. The third-order valence-electron chi connectivity index (χ3n) is 6.00. The van der Waals surface area contributed by atoms with Gasteiger partial charge in [-0.3, -0.25) is 4.79 Å². The van der Waals surface area contributed by atoms with E-state index >= 15 is 0 Å². The Labute approximate surface area is 203 Å². The second kappa shape index (κ2) is 9.51. The molecule has 2 heterocycles. The lowest BCUT2D eigenvalue weighted by Crippen LogP contribution is -2.26. The lowest BCUT2D eigenvalue weighted by atomic mass is 9.83. The zero-order valence-corrected chi connectivity index (χ0v) is 21.1. The van der Waals surface area contributed by atoms with Crippen molar-refractivity contribution in [3.63, 3.8) is 0 Å². The van der Waals surface area contributed by atoms with Crippen LogP contribution >= 0.6 is 22.9 Å². The molecule has 176 valence electrons. The van der Waals surface area contributed by atoms with E-state index in [-0.39, 0.29) is 18.5 Å². The summed E-state index contributed by atoms with van der Waals surface area (Å²) in [4.78, 5) is 25.8. The fourth-order valence-corrected chi connectivity index (χ4v) is 6.04. The fraction of sp³-hybridized carbons (Fsp3) is 0.462. The summed E-state index contributed by atoms with van der Waals surface area (Å²) >= 11 is 7.63. The van der Waals surface area contributed by atoms with Gasteiger partial charge in [0.25, 0.3) is 0 Å². The Bertz CT molecular complexity index is 1160. The number of aromatic nitrogens is 1. The van der Waals surface area contributed by atoms with Crippen molar-refractivity contribution in [3.8, 4) is 11.3 Å². The Morgan fingerprint density at radius 3 is 2.39 bits per heavy atom. The topological polar surface area (TPSA) is 57.5 Å². The first kappa shape index (κ1) is 23.8. The summed E-state index contributed by atoms with van der Waals surface area (Å²) in [5.41, 5.74) is 3.53. The number of fused-ring (bicyclic) bond motifs is 1. The molecule has 0 bridgehead atoms. The first-order valence-corrected chi connectivity index (χ1v) is 12.6. The average Bonchev–Trinajstić information content (AvgIpc) is 3.31. The van der Waals surface area contributed by atoms with Gasteiger partial charge >= 0.3 is 11.9 Å². The van der Waals surface area contributed by atoms with Crippen molar-refractivity contribution < 1.29 is 19.1 Å². The molecule has 1 fully saturated rings. The summed E-state index contributed by atoms with van der Waals surface area (Å²) in [6, 6.07) is 9.60. The largest absolute Gasteiger partial charge is 0.465 e. The Morgan fingerprint density at radius 1 is 1.12 bits per heavy atom. The van der Waals surface area contributed by atoms with Crippen molar-refractivity contribution >= 4 is 45.1 Å². The summed E-state index contributed by atoms with van der Waals surface area (Å²) in [6.07, 6.45) is 5.79. The molecular weight excluding hydrogens is 458 g/mol. The Balaban J connectivity index is 1.94. The van der Waals surface area contributed by atoms with E-state index < -0.39 is 5.60 Å². The lowest BCUT2D eigenvalue weighted by molar-refractivity contribution is -0.155. The van der Waals surface area contributed by atoms with E-state index in [2.05, 4.69) is 0 Å². The molecule has 1 aliphatic rings. The smallest absolute Gasteiger partial charge is 0.348 e. The predicted molar refractivity (Wildman–Crippen MR) is 133 cm³/mol. The molecule has 0 atom stereocenters. The maximum atomic E-state index is 12.9. The molecule has 0 spiro atoms. The van der Waals surface area contributed by atoms with Gasteiger partial charge in [0.05, 0.1) is 23.0 Å². The number of rotatable bonds is 5.